The molecule has 0 saturated carbocycles. The molecule has 0 aliphatic carbocycles. The Hall–Kier alpha value is -3.42. The molecule has 1 aliphatic rings. The first-order chi connectivity index (χ1) is 38.7. The lowest BCUT2D eigenvalue weighted by Gasteiger charge is -2.41. The van der Waals surface area contributed by atoms with Gasteiger partial charge in [-0.2, -0.15) is 0 Å². The van der Waals surface area contributed by atoms with E-state index in [-0.39, 0.29) is 19.4 Å². The van der Waals surface area contributed by atoms with Crippen molar-refractivity contribution in [3.8, 4) is 0 Å². The maximum atomic E-state index is 13.4. The van der Waals surface area contributed by atoms with Crippen LogP contribution >= 0.6 is 0 Å². The number of carbonyl (C=O) groups is 2. The largest absolute Gasteiger partial charge is 0.454 e. The molecular weight excluding hydrogens is 991 g/mol. The van der Waals surface area contributed by atoms with Crippen LogP contribution in [0.4, 0.5) is 0 Å². The number of esters is 1. The lowest BCUT2D eigenvalue weighted by atomic mass is 9.99. The van der Waals surface area contributed by atoms with E-state index in [4.69, 9.17) is 14.2 Å². The van der Waals surface area contributed by atoms with Gasteiger partial charge in [0.1, 0.15) is 24.4 Å². The number of nitrogens with one attached hydrogen (secondary N) is 1. The van der Waals surface area contributed by atoms with Gasteiger partial charge < -0.3 is 45.1 Å². The van der Waals surface area contributed by atoms with Crippen LogP contribution in [-0.2, 0) is 23.8 Å². The maximum Gasteiger partial charge on any atom is 0.306 e. The fourth-order valence-electron chi connectivity index (χ4n) is 9.41. The summed E-state index contributed by atoms with van der Waals surface area (Å²) in [5.41, 5.74) is 0. The van der Waals surface area contributed by atoms with Gasteiger partial charge in [-0.1, -0.05) is 246 Å². The zero-order valence-electron chi connectivity index (χ0n) is 50.2. The van der Waals surface area contributed by atoms with Crippen LogP contribution in [0.5, 0.6) is 0 Å². The van der Waals surface area contributed by atoms with Crippen molar-refractivity contribution in [1.29, 1.82) is 0 Å². The lowest BCUT2D eigenvalue weighted by molar-refractivity contribution is -0.305. The average Bonchev–Trinajstić information content (AvgIpc) is 3.45. The minimum atomic E-state index is -1.62. The van der Waals surface area contributed by atoms with E-state index in [1.54, 1.807) is 6.08 Å². The Labute approximate surface area is 482 Å². The van der Waals surface area contributed by atoms with Gasteiger partial charge in [0.2, 0.25) is 5.91 Å². The predicted molar refractivity (Wildman–Crippen MR) is 329 cm³/mol. The molecule has 0 spiro atoms. The number of ether oxygens (including phenoxy) is 3. The molecule has 1 heterocycles. The minimum Gasteiger partial charge on any atom is -0.454 e. The molecule has 0 aromatic rings. The molecule has 8 unspecified atom stereocenters. The van der Waals surface area contributed by atoms with Gasteiger partial charge >= 0.3 is 5.97 Å². The summed E-state index contributed by atoms with van der Waals surface area (Å²) in [6, 6.07) is -1.04. The molecule has 1 saturated heterocycles. The summed E-state index contributed by atoms with van der Waals surface area (Å²) in [4.78, 5) is 26.6. The van der Waals surface area contributed by atoms with E-state index in [9.17, 15) is 35.1 Å². The first-order valence-electron chi connectivity index (χ1n) is 32.0. The van der Waals surface area contributed by atoms with Gasteiger partial charge in [-0.25, -0.2) is 0 Å². The number of allylic oxidation sites excluding steroid dienone is 15. The highest BCUT2D eigenvalue weighted by molar-refractivity contribution is 5.80. The Morgan fingerprint density at radius 2 is 0.911 bits per heavy atom. The number of aliphatic hydroxyl groups excluding tert-OH is 5. The molecule has 1 fully saturated rings. The second kappa shape index (κ2) is 55.1. The van der Waals surface area contributed by atoms with Crippen molar-refractivity contribution in [3.63, 3.8) is 0 Å². The third-order valence-corrected chi connectivity index (χ3v) is 14.5. The normalized spacial score (nSPS) is 19.5. The van der Waals surface area contributed by atoms with Crippen LogP contribution in [0.25, 0.3) is 0 Å². The van der Waals surface area contributed by atoms with Crippen LogP contribution in [0.15, 0.2) is 97.2 Å². The van der Waals surface area contributed by atoms with E-state index >= 15 is 0 Å². The van der Waals surface area contributed by atoms with E-state index in [2.05, 4.69) is 111 Å². The smallest absolute Gasteiger partial charge is 0.306 e. The molecular formula is C68H117NO10. The van der Waals surface area contributed by atoms with Crippen molar-refractivity contribution in [2.24, 2.45) is 0 Å². The van der Waals surface area contributed by atoms with Gasteiger partial charge in [0.25, 0.3) is 0 Å². The average molecular weight is 1110 g/mol. The molecule has 11 heteroatoms. The molecule has 0 aromatic carbocycles. The lowest BCUT2D eigenvalue weighted by Crippen LogP contribution is -2.61. The molecule has 0 bridgehead atoms. The number of aliphatic hydroxyl groups is 5. The van der Waals surface area contributed by atoms with Crippen molar-refractivity contribution in [2.75, 3.05) is 13.2 Å². The third kappa shape index (κ3) is 43.0. The molecule has 1 amide bonds. The Morgan fingerprint density at radius 1 is 0.506 bits per heavy atom. The van der Waals surface area contributed by atoms with Crippen molar-refractivity contribution >= 4 is 11.9 Å². The van der Waals surface area contributed by atoms with Gasteiger partial charge in [-0.15, -0.1) is 0 Å². The van der Waals surface area contributed by atoms with Crippen LogP contribution in [0.3, 0.4) is 0 Å². The van der Waals surface area contributed by atoms with Gasteiger partial charge in [0.05, 0.1) is 25.4 Å². The second-order valence-electron chi connectivity index (χ2n) is 21.8. The quantitative estimate of drug-likeness (QED) is 0.0195. The van der Waals surface area contributed by atoms with E-state index in [0.717, 1.165) is 135 Å². The van der Waals surface area contributed by atoms with Crippen molar-refractivity contribution in [1.82, 2.24) is 5.32 Å². The Morgan fingerprint density at radius 3 is 1.39 bits per heavy atom. The first-order valence-corrected chi connectivity index (χ1v) is 32.0. The summed E-state index contributed by atoms with van der Waals surface area (Å²) >= 11 is 0. The topological polar surface area (TPSA) is 175 Å². The van der Waals surface area contributed by atoms with Crippen LogP contribution in [0, 0.1) is 0 Å². The van der Waals surface area contributed by atoms with Crippen molar-refractivity contribution < 1.29 is 49.3 Å². The van der Waals surface area contributed by atoms with Gasteiger partial charge in [0, 0.05) is 6.42 Å². The van der Waals surface area contributed by atoms with Crippen LogP contribution in [-0.4, -0.2) is 99.6 Å². The predicted octanol–water partition coefficient (Wildman–Crippen LogP) is 15.5. The number of hydrogen-bond donors (Lipinski definition) is 6. The first kappa shape index (κ1) is 73.6. The van der Waals surface area contributed by atoms with Gasteiger partial charge in [0.15, 0.2) is 12.4 Å². The standard InChI is InChI=1S/C68H117NO10/c1-4-7-10-13-16-19-22-24-26-28-29-30-31-32-34-35-37-40-43-46-49-52-55-61(72)67(76)69-59(60(71)54-51-48-45-42-39-21-18-15-12-9-6-3)58-77-68-66(65(75)64(74)62(57-70)78-68)79-63(73)56-53-50-47-44-41-38-36-33-27-25-23-20-17-14-11-8-5-2/h7,10,16-17,19-20,24-27,29-30,32,34,51,54,59-62,64-66,68,70-72,74-75H,4-6,8-9,11-15,18,21-23,28,31,33,35-50,52-53,55-58H2,1-3H3,(H,69,76)/b10-7-,19-16-,20-17-,26-24-,27-25-,30-29-,34-32-,54-51+. The minimum absolute atomic E-state index is 0.109. The van der Waals surface area contributed by atoms with Crippen LogP contribution in [0.1, 0.15) is 258 Å². The summed E-state index contributed by atoms with van der Waals surface area (Å²) in [6.07, 6.45) is 62.9. The molecule has 79 heavy (non-hydrogen) atoms. The van der Waals surface area contributed by atoms with E-state index in [0.29, 0.717) is 12.8 Å². The van der Waals surface area contributed by atoms with Gasteiger partial charge in [-0.3, -0.25) is 9.59 Å². The zero-order chi connectivity index (χ0) is 57.5. The Bertz CT molecular complexity index is 1650. The second-order valence-corrected chi connectivity index (χ2v) is 21.8. The molecule has 454 valence electrons. The molecule has 1 aliphatic heterocycles. The van der Waals surface area contributed by atoms with E-state index in [1.165, 1.54) is 77.0 Å². The monoisotopic (exact) mass is 1110 g/mol. The van der Waals surface area contributed by atoms with Crippen molar-refractivity contribution in [2.45, 2.75) is 307 Å². The number of rotatable bonds is 53. The fourth-order valence-corrected chi connectivity index (χ4v) is 9.41. The number of unbranched alkanes of at least 4 members (excludes halogenated alkanes) is 25. The summed E-state index contributed by atoms with van der Waals surface area (Å²) in [5.74, 6) is -1.22. The van der Waals surface area contributed by atoms with E-state index < -0.39 is 67.4 Å². The number of carbonyl (C=O) groups excluding carboxylic acids is 2. The van der Waals surface area contributed by atoms with Crippen LogP contribution < -0.4 is 5.32 Å². The molecule has 11 nitrogen and oxygen atoms in total. The van der Waals surface area contributed by atoms with Gasteiger partial charge in [-0.05, 0) is 103 Å². The highest BCUT2D eigenvalue weighted by Gasteiger charge is 2.47. The fraction of sp³-hybridized carbons (Fsp3) is 0.735. The maximum absolute atomic E-state index is 13.4. The van der Waals surface area contributed by atoms with Crippen LogP contribution in [0.2, 0.25) is 0 Å². The molecule has 8 atom stereocenters. The molecule has 0 radical (unpaired) electrons. The summed E-state index contributed by atoms with van der Waals surface area (Å²) in [5, 5.41) is 57.0. The number of amides is 1. The molecule has 1 rings (SSSR count). The van der Waals surface area contributed by atoms with E-state index in [1.807, 2.05) is 6.08 Å². The summed E-state index contributed by atoms with van der Waals surface area (Å²) in [6.45, 7) is 5.63. The third-order valence-electron chi connectivity index (χ3n) is 14.5. The highest BCUT2D eigenvalue weighted by atomic mass is 16.7. The highest BCUT2D eigenvalue weighted by Crippen LogP contribution is 2.26. The molecule has 0 aromatic heterocycles. The Balaban J connectivity index is 2.66. The zero-order valence-corrected chi connectivity index (χ0v) is 50.2. The molecule has 6 N–H and O–H groups in total. The SMILES string of the molecule is CC/C=C\C/C=C\C/C=C\C/C=C\C/C=C\CCCCCCCCC(O)C(=O)NC(COC1OC(CO)C(O)C(O)C1OC(=O)CCCCCCCCC/C=C\C/C=C\CCCCC)C(O)/C=C/CCCCCCCCCCC. The van der Waals surface area contributed by atoms with Crippen molar-refractivity contribution in [3.05, 3.63) is 97.2 Å². The Kier molecular flexibility index (Phi) is 51.4. The summed E-state index contributed by atoms with van der Waals surface area (Å²) < 4.78 is 17.6. The number of hydrogen-bond acceptors (Lipinski definition) is 10. The summed E-state index contributed by atoms with van der Waals surface area (Å²) in [7, 11) is 0.